The van der Waals surface area contributed by atoms with Gasteiger partial charge in [0.1, 0.15) is 0 Å². The van der Waals surface area contributed by atoms with Crippen molar-refractivity contribution in [1.29, 1.82) is 0 Å². The van der Waals surface area contributed by atoms with Gasteiger partial charge in [-0.1, -0.05) is 24.3 Å². The lowest BCUT2D eigenvalue weighted by Crippen LogP contribution is -2.34. The highest BCUT2D eigenvalue weighted by Crippen LogP contribution is 2.45. The van der Waals surface area contributed by atoms with Crippen LogP contribution in [0.25, 0.3) is 0 Å². The third kappa shape index (κ3) is 3.24. The molecule has 1 aromatic carbocycles. The van der Waals surface area contributed by atoms with Gasteiger partial charge in [-0.05, 0) is 36.8 Å². The van der Waals surface area contributed by atoms with E-state index in [1.807, 2.05) is 24.3 Å². The molecule has 0 aliphatic carbocycles. The van der Waals surface area contributed by atoms with E-state index in [0.29, 0.717) is 19.3 Å². The van der Waals surface area contributed by atoms with E-state index in [4.69, 9.17) is 9.47 Å². The second-order valence-corrected chi connectivity index (χ2v) is 6.37. The first-order valence-corrected chi connectivity index (χ1v) is 8.12. The van der Waals surface area contributed by atoms with E-state index >= 15 is 0 Å². The van der Waals surface area contributed by atoms with Crippen LogP contribution in [0.3, 0.4) is 0 Å². The Hall–Kier alpha value is -1.88. The Bertz CT molecular complexity index is 597. The zero-order valence-corrected chi connectivity index (χ0v) is 13.2. The monoisotopic (exact) mass is 318 g/mol. The number of aliphatic carboxylic acids is 1. The standard InChI is InChI=1S/C18H22O5/c1-22-16(19)9-6-11-4-2-3-5-12(11)10-13-14-7-8-15(23-14)17(13)18(20)21/h2-5,13-15,17H,6-10H2,1H3,(H,20,21)/t13?,14-,15-,17+/m0/s1. The summed E-state index contributed by atoms with van der Waals surface area (Å²) in [5, 5.41) is 9.52. The fourth-order valence-corrected chi connectivity index (χ4v) is 3.97. The lowest BCUT2D eigenvalue weighted by molar-refractivity contribution is -0.145. The molecule has 4 atom stereocenters. The molecule has 23 heavy (non-hydrogen) atoms. The predicted octanol–water partition coefficient (Wildman–Crippen LogP) is 2.21. The number of rotatable bonds is 6. The van der Waals surface area contributed by atoms with Gasteiger partial charge in [0.25, 0.3) is 0 Å². The summed E-state index contributed by atoms with van der Waals surface area (Å²) in [7, 11) is 1.39. The van der Waals surface area contributed by atoms with Crippen LogP contribution in [0.2, 0.25) is 0 Å². The van der Waals surface area contributed by atoms with Crippen molar-refractivity contribution < 1.29 is 24.2 Å². The Morgan fingerprint density at radius 1 is 1.22 bits per heavy atom. The Morgan fingerprint density at radius 2 is 1.91 bits per heavy atom. The van der Waals surface area contributed by atoms with E-state index in [1.54, 1.807) is 0 Å². The molecule has 0 saturated carbocycles. The molecule has 124 valence electrons. The van der Waals surface area contributed by atoms with Crippen molar-refractivity contribution in [2.45, 2.75) is 44.3 Å². The largest absolute Gasteiger partial charge is 0.481 e. The Kier molecular flexibility index (Phi) is 4.66. The van der Waals surface area contributed by atoms with Crippen LogP contribution >= 0.6 is 0 Å². The van der Waals surface area contributed by atoms with Crippen molar-refractivity contribution in [2.75, 3.05) is 7.11 Å². The third-order valence-electron chi connectivity index (χ3n) is 5.11. The van der Waals surface area contributed by atoms with Gasteiger partial charge in [-0.3, -0.25) is 9.59 Å². The molecule has 1 aromatic rings. The maximum atomic E-state index is 11.6. The zero-order valence-electron chi connectivity index (χ0n) is 13.2. The van der Waals surface area contributed by atoms with Crippen LogP contribution in [0.5, 0.6) is 0 Å². The van der Waals surface area contributed by atoms with E-state index in [9.17, 15) is 14.7 Å². The Balaban J connectivity index is 1.75. The summed E-state index contributed by atoms with van der Waals surface area (Å²) >= 11 is 0. The van der Waals surface area contributed by atoms with Gasteiger partial charge in [0.05, 0.1) is 25.2 Å². The molecule has 0 spiro atoms. The highest BCUT2D eigenvalue weighted by Gasteiger charge is 2.52. The zero-order chi connectivity index (χ0) is 16.4. The molecule has 5 nitrogen and oxygen atoms in total. The van der Waals surface area contributed by atoms with E-state index in [2.05, 4.69) is 0 Å². The molecule has 2 bridgehead atoms. The highest BCUT2D eigenvalue weighted by atomic mass is 16.5. The molecule has 2 aliphatic heterocycles. The van der Waals surface area contributed by atoms with Crippen LogP contribution in [0.4, 0.5) is 0 Å². The van der Waals surface area contributed by atoms with E-state index in [1.165, 1.54) is 7.11 Å². The number of esters is 1. The molecule has 3 rings (SSSR count). The van der Waals surface area contributed by atoms with Crippen molar-refractivity contribution in [3.8, 4) is 0 Å². The maximum Gasteiger partial charge on any atom is 0.309 e. The van der Waals surface area contributed by atoms with E-state index < -0.39 is 11.9 Å². The van der Waals surface area contributed by atoms with Crippen molar-refractivity contribution in [2.24, 2.45) is 11.8 Å². The minimum atomic E-state index is -0.755. The lowest BCUT2D eigenvalue weighted by atomic mass is 9.75. The van der Waals surface area contributed by atoms with Crippen molar-refractivity contribution in [1.82, 2.24) is 0 Å². The first-order valence-electron chi connectivity index (χ1n) is 8.12. The van der Waals surface area contributed by atoms with Crippen LogP contribution in [-0.2, 0) is 31.9 Å². The van der Waals surface area contributed by atoms with E-state index in [0.717, 1.165) is 24.0 Å². The summed E-state index contributed by atoms with van der Waals surface area (Å²) < 4.78 is 10.5. The molecule has 2 saturated heterocycles. The summed E-state index contributed by atoms with van der Waals surface area (Å²) in [4.78, 5) is 23.0. The number of fused-ring (bicyclic) bond motifs is 2. The number of hydrogen-bond acceptors (Lipinski definition) is 4. The highest BCUT2D eigenvalue weighted by molar-refractivity contribution is 5.72. The van der Waals surface area contributed by atoms with Crippen LogP contribution < -0.4 is 0 Å². The average Bonchev–Trinajstić information content (AvgIpc) is 3.14. The average molecular weight is 318 g/mol. The summed E-state index contributed by atoms with van der Waals surface area (Å²) in [5.74, 6) is -1.38. The van der Waals surface area contributed by atoms with Crippen LogP contribution in [0.1, 0.15) is 30.4 Å². The molecule has 2 heterocycles. The van der Waals surface area contributed by atoms with Gasteiger partial charge < -0.3 is 14.6 Å². The van der Waals surface area contributed by atoms with Crippen LogP contribution in [-0.4, -0.2) is 36.4 Å². The molecule has 1 N–H and O–H groups in total. The van der Waals surface area contributed by atoms with Crippen LogP contribution in [0.15, 0.2) is 24.3 Å². The van der Waals surface area contributed by atoms with Crippen molar-refractivity contribution >= 4 is 11.9 Å². The normalized spacial score (nSPS) is 28.7. The van der Waals surface area contributed by atoms with Gasteiger partial charge in [0, 0.05) is 12.3 Å². The molecule has 0 aromatic heterocycles. The molecule has 1 unspecified atom stereocenters. The van der Waals surface area contributed by atoms with Gasteiger partial charge >= 0.3 is 11.9 Å². The molecule has 2 aliphatic rings. The fraction of sp³-hybridized carbons (Fsp3) is 0.556. The lowest BCUT2D eigenvalue weighted by Gasteiger charge is -2.25. The number of hydrogen-bond donors (Lipinski definition) is 1. The first-order chi connectivity index (χ1) is 11.1. The summed E-state index contributed by atoms with van der Waals surface area (Å²) in [6, 6.07) is 7.93. The van der Waals surface area contributed by atoms with Gasteiger partial charge in [0.15, 0.2) is 0 Å². The number of benzene rings is 1. The van der Waals surface area contributed by atoms with Gasteiger partial charge in [-0.15, -0.1) is 0 Å². The minimum absolute atomic E-state index is 0.0190. The number of carboxylic acids is 1. The van der Waals surface area contributed by atoms with Gasteiger partial charge in [-0.25, -0.2) is 0 Å². The van der Waals surface area contributed by atoms with Crippen molar-refractivity contribution in [3.63, 3.8) is 0 Å². The molecule has 0 radical (unpaired) electrons. The maximum absolute atomic E-state index is 11.6. The number of aryl methyl sites for hydroxylation is 1. The van der Waals surface area contributed by atoms with Crippen molar-refractivity contribution in [3.05, 3.63) is 35.4 Å². The van der Waals surface area contributed by atoms with E-state index in [-0.39, 0.29) is 24.1 Å². The number of carbonyl (C=O) groups excluding carboxylic acids is 1. The minimum Gasteiger partial charge on any atom is -0.481 e. The number of ether oxygens (including phenoxy) is 2. The third-order valence-corrected chi connectivity index (χ3v) is 5.11. The molecular formula is C18H22O5. The fourth-order valence-electron chi connectivity index (χ4n) is 3.97. The molecule has 2 fully saturated rings. The second-order valence-electron chi connectivity index (χ2n) is 6.37. The molecule has 0 amide bonds. The number of carboxylic acid groups (broad SMARTS) is 1. The smallest absolute Gasteiger partial charge is 0.309 e. The molecular weight excluding hydrogens is 296 g/mol. The van der Waals surface area contributed by atoms with Gasteiger partial charge in [0.2, 0.25) is 0 Å². The number of methoxy groups -OCH3 is 1. The van der Waals surface area contributed by atoms with Crippen LogP contribution in [0, 0.1) is 11.8 Å². The summed E-state index contributed by atoms with van der Waals surface area (Å²) in [6.07, 6.45) is 3.35. The quantitative estimate of drug-likeness (QED) is 0.814. The Morgan fingerprint density at radius 3 is 2.61 bits per heavy atom. The second kappa shape index (κ2) is 6.71. The topological polar surface area (TPSA) is 72.8 Å². The SMILES string of the molecule is COC(=O)CCc1ccccc1CC1[C@@H]2CC[C@H](O2)[C@@H]1C(=O)O. The first kappa shape index (κ1) is 16.0. The summed E-state index contributed by atoms with van der Waals surface area (Å²) in [6.45, 7) is 0. The number of carbonyl (C=O) groups is 2. The molecule has 5 heteroatoms. The predicted molar refractivity (Wildman–Crippen MR) is 83.0 cm³/mol. The van der Waals surface area contributed by atoms with Gasteiger partial charge in [-0.2, -0.15) is 0 Å². The Labute approximate surface area is 135 Å². The summed E-state index contributed by atoms with van der Waals surface area (Å²) in [5.41, 5.74) is 2.20.